The lowest BCUT2D eigenvalue weighted by Gasteiger charge is -2.48. The fourth-order valence-electron chi connectivity index (χ4n) is 4.93. The lowest BCUT2D eigenvalue weighted by molar-refractivity contribution is -0.131. The van der Waals surface area contributed by atoms with Crippen LogP contribution in [0.5, 0.6) is 11.5 Å². The summed E-state index contributed by atoms with van der Waals surface area (Å²) in [6.07, 6.45) is 2.01. The Kier molecular flexibility index (Phi) is 4.99. The van der Waals surface area contributed by atoms with Crippen molar-refractivity contribution in [1.29, 1.82) is 0 Å². The first-order valence-corrected chi connectivity index (χ1v) is 9.65. The van der Waals surface area contributed by atoms with Crippen molar-refractivity contribution in [2.24, 2.45) is 11.7 Å². The number of nitrogens with zero attached hydrogens (tertiary/aromatic N) is 2. The molecule has 1 aromatic rings. The minimum Gasteiger partial charge on any atom is -0.493 e. The van der Waals surface area contributed by atoms with Gasteiger partial charge in [0.05, 0.1) is 26.9 Å². The number of methoxy groups -OCH3 is 2. The minimum atomic E-state index is -0.439. The number of amides is 1. The van der Waals surface area contributed by atoms with E-state index in [4.69, 9.17) is 15.2 Å². The third kappa shape index (κ3) is 3.17. The van der Waals surface area contributed by atoms with Crippen LogP contribution < -0.4 is 15.2 Å². The Labute approximate surface area is 159 Å². The van der Waals surface area contributed by atoms with Gasteiger partial charge in [0.25, 0.3) is 0 Å². The molecule has 27 heavy (non-hydrogen) atoms. The highest BCUT2D eigenvalue weighted by molar-refractivity contribution is 5.79. The largest absolute Gasteiger partial charge is 0.493 e. The molecule has 148 valence electrons. The van der Waals surface area contributed by atoms with Gasteiger partial charge in [0.15, 0.2) is 11.5 Å². The number of fused-ring (bicyclic) bond motifs is 3. The van der Waals surface area contributed by atoms with E-state index >= 15 is 0 Å². The van der Waals surface area contributed by atoms with Crippen LogP contribution in [-0.2, 0) is 11.2 Å². The summed E-state index contributed by atoms with van der Waals surface area (Å²) in [7, 11) is 3.30. The quantitative estimate of drug-likeness (QED) is 0.862. The summed E-state index contributed by atoms with van der Waals surface area (Å²) < 4.78 is 24.0. The number of hydrogen-bond donors (Lipinski definition) is 1. The Morgan fingerprint density at radius 2 is 1.96 bits per heavy atom. The van der Waals surface area contributed by atoms with Crippen molar-refractivity contribution < 1.29 is 18.7 Å². The maximum absolute atomic E-state index is 13.0. The van der Waals surface area contributed by atoms with Gasteiger partial charge in [-0.05, 0) is 36.1 Å². The molecule has 0 saturated carbocycles. The maximum Gasteiger partial charge on any atom is 0.223 e. The molecule has 3 aliphatic rings. The fraction of sp³-hybridized carbons (Fsp3) is 0.650. The molecule has 2 fully saturated rings. The van der Waals surface area contributed by atoms with E-state index in [0.29, 0.717) is 13.0 Å². The molecule has 0 spiro atoms. The maximum atomic E-state index is 13.0. The number of likely N-dealkylation sites (tertiary alicyclic amines) is 1. The second-order valence-electron chi connectivity index (χ2n) is 7.90. The first kappa shape index (κ1) is 18.5. The average Bonchev–Trinajstić information content (AvgIpc) is 3.06. The van der Waals surface area contributed by atoms with Crippen LogP contribution in [0.25, 0.3) is 0 Å². The Morgan fingerprint density at radius 3 is 2.63 bits per heavy atom. The van der Waals surface area contributed by atoms with Gasteiger partial charge in [-0.2, -0.15) is 0 Å². The van der Waals surface area contributed by atoms with Gasteiger partial charge in [0, 0.05) is 44.1 Å². The zero-order valence-corrected chi connectivity index (χ0v) is 16.0. The van der Waals surface area contributed by atoms with E-state index in [2.05, 4.69) is 17.0 Å². The van der Waals surface area contributed by atoms with Gasteiger partial charge in [-0.1, -0.05) is 0 Å². The Balaban J connectivity index is 1.57. The van der Waals surface area contributed by atoms with Gasteiger partial charge in [-0.25, -0.2) is 0 Å². The van der Waals surface area contributed by atoms with E-state index in [1.165, 1.54) is 11.1 Å². The Morgan fingerprint density at radius 1 is 1.22 bits per heavy atom. The van der Waals surface area contributed by atoms with Crippen molar-refractivity contribution in [2.45, 2.75) is 37.4 Å². The van der Waals surface area contributed by atoms with Crippen molar-refractivity contribution >= 4 is 5.91 Å². The summed E-state index contributed by atoms with van der Waals surface area (Å²) in [5.74, 6) is 1.35. The molecule has 0 bridgehead atoms. The lowest BCUT2D eigenvalue weighted by Crippen LogP contribution is -2.60. The molecule has 0 aliphatic carbocycles. The molecular weight excluding hydrogens is 349 g/mol. The van der Waals surface area contributed by atoms with Crippen molar-refractivity contribution in [3.8, 4) is 11.5 Å². The highest BCUT2D eigenvalue weighted by Gasteiger charge is 2.44. The van der Waals surface area contributed by atoms with Gasteiger partial charge < -0.3 is 20.1 Å². The van der Waals surface area contributed by atoms with Crippen LogP contribution in [0.4, 0.5) is 4.39 Å². The van der Waals surface area contributed by atoms with Crippen LogP contribution in [-0.4, -0.2) is 68.3 Å². The van der Waals surface area contributed by atoms with E-state index in [-0.39, 0.29) is 30.0 Å². The van der Waals surface area contributed by atoms with Gasteiger partial charge in [0.2, 0.25) is 5.91 Å². The number of carbonyl (C=O) groups is 1. The molecular formula is C20H28FN3O3. The predicted octanol–water partition coefficient (Wildman–Crippen LogP) is 1.52. The van der Waals surface area contributed by atoms with Crippen LogP contribution in [0.3, 0.4) is 0 Å². The smallest absolute Gasteiger partial charge is 0.223 e. The van der Waals surface area contributed by atoms with Crippen molar-refractivity contribution in [1.82, 2.24) is 9.80 Å². The van der Waals surface area contributed by atoms with E-state index in [1.54, 1.807) is 14.2 Å². The number of piperidine rings is 1. The molecule has 0 radical (unpaired) electrons. The number of hydrogen-bond acceptors (Lipinski definition) is 5. The molecule has 4 atom stereocenters. The van der Waals surface area contributed by atoms with Gasteiger partial charge in [-0.3, -0.25) is 14.1 Å². The number of rotatable bonds is 4. The van der Waals surface area contributed by atoms with Crippen LogP contribution >= 0.6 is 0 Å². The number of halogens is 1. The SMILES string of the molecule is COc1cc2c(cc1OC)[C@@H]1C[C@@H](N)[C@@H](N3CC(CF)CC3=O)CN1CC2. The Hall–Kier alpha value is -1.86. The third-order valence-corrected chi connectivity index (χ3v) is 6.38. The van der Waals surface area contributed by atoms with Crippen LogP contribution in [0.1, 0.15) is 30.0 Å². The minimum absolute atomic E-state index is 0.0352. The second-order valence-corrected chi connectivity index (χ2v) is 7.90. The molecule has 3 heterocycles. The zero-order valence-electron chi connectivity index (χ0n) is 16.0. The molecule has 4 rings (SSSR count). The van der Waals surface area contributed by atoms with Crippen molar-refractivity contribution in [2.75, 3.05) is 40.5 Å². The first-order valence-electron chi connectivity index (χ1n) is 9.65. The van der Waals surface area contributed by atoms with Gasteiger partial charge in [0.1, 0.15) is 0 Å². The second kappa shape index (κ2) is 7.28. The van der Waals surface area contributed by atoms with Gasteiger partial charge in [-0.15, -0.1) is 0 Å². The van der Waals surface area contributed by atoms with Gasteiger partial charge >= 0.3 is 0 Å². The number of nitrogens with two attached hydrogens (primary N) is 1. The molecule has 3 aliphatic heterocycles. The highest BCUT2D eigenvalue weighted by atomic mass is 19.1. The predicted molar refractivity (Wildman–Crippen MR) is 99.7 cm³/mol. The summed E-state index contributed by atoms with van der Waals surface area (Å²) in [4.78, 5) is 16.6. The molecule has 1 aromatic carbocycles. The first-order chi connectivity index (χ1) is 13.0. The zero-order chi connectivity index (χ0) is 19.1. The number of alkyl halides is 1. The topological polar surface area (TPSA) is 68.0 Å². The molecule has 7 heteroatoms. The number of benzene rings is 1. The molecule has 1 unspecified atom stereocenters. The number of ether oxygens (including phenoxy) is 2. The molecule has 6 nitrogen and oxygen atoms in total. The van der Waals surface area contributed by atoms with E-state index in [9.17, 15) is 9.18 Å². The van der Waals surface area contributed by atoms with E-state index < -0.39 is 6.67 Å². The summed E-state index contributed by atoms with van der Waals surface area (Å²) in [5, 5.41) is 0. The average molecular weight is 377 g/mol. The third-order valence-electron chi connectivity index (χ3n) is 6.38. The highest BCUT2D eigenvalue weighted by Crippen LogP contribution is 2.42. The summed E-state index contributed by atoms with van der Waals surface area (Å²) in [6, 6.07) is 4.20. The summed E-state index contributed by atoms with van der Waals surface area (Å²) >= 11 is 0. The molecule has 2 N–H and O–H groups in total. The Bertz CT molecular complexity index is 729. The standard InChI is InChI=1S/C20H28FN3O3/c1-26-18-6-13-3-4-23-11-17(24-10-12(9-21)5-20(24)25)15(22)8-16(23)14(13)7-19(18)27-2/h6-7,12,15-17H,3-5,8-11,22H2,1-2H3/t12?,15-,16+,17+/m1/s1. The van der Waals surface area contributed by atoms with Crippen LogP contribution in [0.2, 0.25) is 0 Å². The van der Waals surface area contributed by atoms with Crippen LogP contribution in [0.15, 0.2) is 12.1 Å². The number of carbonyl (C=O) groups excluding carboxylic acids is 1. The normalized spacial score (nSPS) is 30.8. The van der Waals surface area contributed by atoms with Crippen molar-refractivity contribution in [3.63, 3.8) is 0 Å². The molecule has 2 saturated heterocycles. The molecule has 0 aromatic heterocycles. The van der Waals surface area contributed by atoms with Crippen LogP contribution in [0, 0.1) is 5.92 Å². The monoisotopic (exact) mass is 377 g/mol. The fourth-order valence-corrected chi connectivity index (χ4v) is 4.93. The summed E-state index contributed by atoms with van der Waals surface area (Å²) in [6.45, 7) is 1.72. The van der Waals surface area contributed by atoms with E-state index in [0.717, 1.165) is 37.4 Å². The van der Waals surface area contributed by atoms with Crippen molar-refractivity contribution in [3.05, 3.63) is 23.3 Å². The molecule has 1 amide bonds. The lowest BCUT2D eigenvalue weighted by atomic mass is 9.83. The summed E-state index contributed by atoms with van der Waals surface area (Å²) in [5.41, 5.74) is 9.04. The van der Waals surface area contributed by atoms with E-state index in [1.807, 2.05) is 4.90 Å².